The van der Waals surface area contributed by atoms with Crippen molar-refractivity contribution in [1.29, 1.82) is 5.26 Å². The van der Waals surface area contributed by atoms with Crippen molar-refractivity contribution in [2.45, 2.75) is 37.8 Å². The minimum Gasteiger partial charge on any atom is -0.347 e. The Balaban J connectivity index is 2.17. The van der Waals surface area contributed by atoms with Gasteiger partial charge in [-0.2, -0.15) is 18.4 Å². The zero-order chi connectivity index (χ0) is 14.8. The van der Waals surface area contributed by atoms with E-state index in [1.54, 1.807) is 13.0 Å². The fourth-order valence-electron chi connectivity index (χ4n) is 2.28. The standard InChI is InChI=1S/C14H14F3NO2/c1-13(19-9-11(20-13)6-7-18)8-10-4-2-3-5-12(10)14(15,16)17/h2-5,11H,6,8-9H2,1H3. The van der Waals surface area contributed by atoms with Crippen LogP contribution in [0, 0.1) is 11.3 Å². The fourth-order valence-corrected chi connectivity index (χ4v) is 2.28. The zero-order valence-corrected chi connectivity index (χ0v) is 10.9. The molecule has 2 rings (SSSR count). The van der Waals surface area contributed by atoms with Gasteiger partial charge in [-0.1, -0.05) is 18.2 Å². The van der Waals surface area contributed by atoms with Crippen molar-refractivity contribution in [3.05, 3.63) is 35.4 Å². The second-order valence-corrected chi connectivity index (χ2v) is 4.88. The molecule has 0 N–H and O–H groups in total. The molecule has 0 aromatic heterocycles. The van der Waals surface area contributed by atoms with Crippen molar-refractivity contribution in [2.75, 3.05) is 6.61 Å². The van der Waals surface area contributed by atoms with E-state index < -0.39 is 17.5 Å². The molecule has 0 spiro atoms. The number of ether oxygens (including phenoxy) is 2. The lowest BCUT2D eigenvalue weighted by Gasteiger charge is -2.25. The molecule has 1 aliphatic heterocycles. The number of hydrogen-bond acceptors (Lipinski definition) is 3. The first-order valence-electron chi connectivity index (χ1n) is 6.18. The number of benzene rings is 1. The van der Waals surface area contributed by atoms with E-state index in [1.807, 2.05) is 6.07 Å². The van der Waals surface area contributed by atoms with Crippen LogP contribution in [-0.2, 0) is 22.1 Å². The fraction of sp³-hybridized carbons (Fsp3) is 0.500. The molecule has 0 radical (unpaired) electrons. The van der Waals surface area contributed by atoms with Gasteiger partial charge in [-0.05, 0) is 18.6 Å². The third-order valence-corrected chi connectivity index (χ3v) is 3.14. The molecule has 3 nitrogen and oxygen atoms in total. The van der Waals surface area contributed by atoms with Gasteiger partial charge in [0.05, 0.1) is 30.8 Å². The average molecular weight is 285 g/mol. The number of alkyl halides is 3. The Bertz CT molecular complexity index is 524. The van der Waals surface area contributed by atoms with Crippen LogP contribution in [0.1, 0.15) is 24.5 Å². The molecule has 0 bridgehead atoms. The molecular weight excluding hydrogens is 271 g/mol. The summed E-state index contributed by atoms with van der Waals surface area (Å²) in [6, 6.07) is 7.32. The van der Waals surface area contributed by atoms with Crippen molar-refractivity contribution in [3.8, 4) is 6.07 Å². The first kappa shape index (κ1) is 14.8. The number of hydrogen-bond donors (Lipinski definition) is 0. The van der Waals surface area contributed by atoms with Gasteiger partial charge in [0.1, 0.15) is 0 Å². The van der Waals surface area contributed by atoms with E-state index in [9.17, 15) is 13.2 Å². The van der Waals surface area contributed by atoms with E-state index in [0.29, 0.717) is 0 Å². The molecule has 6 heteroatoms. The summed E-state index contributed by atoms with van der Waals surface area (Å²) >= 11 is 0. The van der Waals surface area contributed by atoms with Gasteiger partial charge < -0.3 is 9.47 Å². The molecule has 1 aliphatic rings. The molecule has 2 unspecified atom stereocenters. The molecular formula is C14H14F3NO2. The molecule has 20 heavy (non-hydrogen) atoms. The average Bonchev–Trinajstić information content (AvgIpc) is 2.70. The summed E-state index contributed by atoms with van der Waals surface area (Å²) in [5.41, 5.74) is -0.558. The minimum absolute atomic E-state index is 0.00931. The van der Waals surface area contributed by atoms with Crippen molar-refractivity contribution in [3.63, 3.8) is 0 Å². The van der Waals surface area contributed by atoms with Crippen LogP contribution >= 0.6 is 0 Å². The van der Waals surface area contributed by atoms with Gasteiger partial charge in [0.25, 0.3) is 0 Å². The highest BCUT2D eigenvalue weighted by Gasteiger charge is 2.40. The SMILES string of the molecule is CC1(Cc2ccccc2C(F)(F)F)OCC(CC#N)O1. The first-order valence-corrected chi connectivity index (χ1v) is 6.18. The Labute approximate surface area is 114 Å². The Morgan fingerprint density at radius 2 is 2.10 bits per heavy atom. The molecule has 2 atom stereocenters. The summed E-state index contributed by atoms with van der Waals surface area (Å²) in [7, 11) is 0. The lowest BCUT2D eigenvalue weighted by Crippen LogP contribution is -2.30. The largest absolute Gasteiger partial charge is 0.416 e. The van der Waals surface area contributed by atoms with Gasteiger partial charge in [0.2, 0.25) is 0 Å². The molecule has 108 valence electrons. The summed E-state index contributed by atoms with van der Waals surface area (Å²) in [5, 5.41) is 8.60. The third-order valence-electron chi connectivity index (χ3n) is 3.14. The van der Waals surface area contributed by atoms with Crippen molar-refractivity contribution in [2.24, 2.45) is 0 Å². The zero-order valence-electron chi connectivity index (χ0n) is 10.9. The number of halogens is 3. The van der Waals surface area contributed by atoms with Crippen LogP contribution in [0.5, 0.6) is 0 Å². The van der Waals surface area contributed by atoms with Crippen molar-refractivity contribution in [1.82, 2.24) is 0 Å². The molecule has 0 aliphatic carbocycles. The second kappa shape index (κ2) is 5.43. The molecule has 0 amide bonds. The molecule has 0 saturated carbocycles. The maximum absolute atomic E-state index is 12.9. The molecule has 1 heterocycles. The maximum Gasteiger partial charge on any atom is 0.416 e. The number of nitrogens with zero attached hydrogens (tertiary/aromatic N) is 1. The monoisotopic (exact) mass is 285 g/mol. The molecule has 1 aromatic rings. The van der Waals surface area contributed by atoms with Gasteiger partial charge in [-0.25, -0.2) is 0 Å². The number of nitriles is 1. The van der Waals surface area contributed by atoms with E-state index in [4.69, 9.17) is 14.7 Å². The molecule has 1 saturated heterocycles. The van der Waals surface area contributed by atoms with Crippen LogP contribution in [-0.4, -0.2) is 18.5 Å². The molecule has 1 aromatic carbocycles. The lowest BCUT2D eigenvalue weighted by atomic mass is 10.00. The lowest BCUT2D eigenvalue weighted by molar-refractivity contribution is -0.155. The van der Waals surface area contributed by atoms with E-state index in [1.165, 1.54) is 12.1 Å². The quantitative estimate of drug-likeness (QED) is 0.855. The predicted molar refractivity (Wildman–Crippen MR) is 64.6 cm³/mol. The van der Waals surface area contributed by atoms with E-state index in [0.717, 1.165) is 6.07 Å². The van der Waals surface area contributed by atoms with Crippen LogP contribution in [0.2, 0.25) is 0 Å². The van der Waals surface area contributed by atoms with Gasteiger partial charge in [0.15, 0.2) is 5.79 Å². The Hall–Kier alpha value is -1.58. The molecule has 1 fully saturated rings. The summed E-state index contributed by atoms with van der Waals surface area (Å²) in [5.74, 6) is -1.12. The third kappa shape index (κ3) is 3.30. The highest BCUT2D eigenvalue weighted by Crippen LogP contribution is 2.35. The second-order valence-electron chi connectivity index (χ2n) is 4.88. The van der Waals surface area contributed by atoms with Gasteiger partial charge >= 0.3 is 6.18 Å². The first-order chi connectivity index (χ1) is 9.34. The van der Waals surface area contributed by atoms with Crippen molar-refractivity contribution >= 4 is 0 Å². The van der Waals surface area contributed by atoms with Gasteiger partial charge in [-0.3, -0.25) is 0 Å². The van der Waals surface area contributed by atoms with Crippen LogP contribution in [0.3, 0.4) is 0 Å². The van der Waals surface area contributed by atoms with Crippen molar-refractivity contribution < 1.29 is 22.6 Å². The van der Waals surface area contributed by atoms with E-state index in [2.05, 4.69) is 0 Å². The Morgan fingerprint density at radius 1 is 1.40 bits per heavy atom. The normalized spacial score (nSPS) is 26.4. The highest BCUT2D eigenvalue weighted by molar-refractivity contribution is 5.30. The number of rotatable bonds is 3. The van der Waals surface area contributed by atoms with Crippen LogP contribution in [0.15, 0.2) is 24.3 Å². The summed E-state index contributed by atoms with van der Waals surface area (Å²) in [6.45, 7) is 1.82. The topological polar surface area (TPSA) is 42.2 Å². The predicted octanol–water partition coefficient (Wildman–Crippen LogP) is 3.29. The van der Waals surface area contributed by atoms with E-state index in [-0.39, 0.29) is 31.1 Å². The van der Waals surface area contributed by atoms with E-state index >= 15 is 0 Å². The summed E-state index contributed by atoms with van der Waals surface area (Å²) in [4.78, 5) is 0. The summed E-state index contributed by atoms with van der Waals surface area (Å²) in [6.07, 6.45) is -4.64. The minimum atomic E-state index is -4.41. The maximum atomic E-state index is 12.9. The van der Waals surface area contributed by atoms with Crippen LogP contribution in [0.4, 0.5) is 13.2 Å². The highest BCUT2D eigenvalue weighted by atomic mass is 19.4. The van der Waals surface area contributed by atoms with Gasteiger partial charge in [0, 0.05) is 6.42 Å². The van der Waals surface area contributed by atoms with Crippen LogP contribution < -0.4 is 0 Å². The smallest absolute Gasteiger partial charge is 0.347 e. The van der Waals surface area contributed by atoms with Crippen LogP contribution in [0.25, 0.3) is 0 Å². The Kier molecular flexibility index (Phi) is 4.02. The summed E-state index contributed by atoms with van der Waals surface area (Å²) < 4.78 is 49.7. The Morgan fingerprint density at radius 3 is 2.75 bits per heavy atom. The van der Waals surface area contributed by atoms with Gasteiger partial charge in [-0.15, -0.1) is 0 Å².